The molecule has 1 rings (SSSR count). The van der Waals surface area contributed by atoms with Gasteiger partial charge in [-0.3, -0.25) is 0 Å². The fraction of sp³-hybridized carbons (Fsp3) is 0.900. The van der Waals surface area contributed by atoms with Crippen molar-refractivity contribution >= 4 is 6.29 Å². The monoisotopic (exact) mass is 169 g/mol. The number of hydrogen-bond donors (Lipinski definition) is 0. The largest absolute Gasteiger partial charge is 0.303 e. The van der Waals surface area contributed by atoms with Crippen molar-refractivity contribution in [1.29, 1.82) is 0 Å². The van der Waals surface area contributed by atoms with Crippen LogP contribution < -0.4 is 0 Å². The Hall–Kier alpha value is -0.370. The van der Waals surface area contributed by atoms with Crippen LogP contribution in [0, 0.1) is 11.8 Å². The van der Waals surface area contributed by atoms with Crippen LogP contribution in [0.5, 0.6) is 0 Å². The molecule has 0 saturated carbocycles. The summed E-state index contributed by atoms with van der Waals surface area (Å²) in [6.45, 7) is 7.65. The molecule has 2 atom stereocenters. The molecule has 1 heterocycles. The number of hydrogen-bond acceptors (Lipinski definition) is 2. The van der Waals surface area contributed by atoms with Crippen LogP contribution >= 0.6 is 0 Å². The Balaban J connectivity index is 2.77. The van der Waals surface area contributed by atoms with Gasteiger partial charge in [-0.15, -0.1) is 0 Å². The van der Waals surface area contributed by atoms with Gasteiger partial charge < -0.3 is 9.69 Å². The van der Waals surface area contributed by atoms with E-state index in [4.69, 9.17) is 0 Å². The molecule has 70 valence electrons. The molecule has 0 radical (unpaired) electrons. The van der Waals surface area contributed by atoms with Crippen molar-refractivity contribution in [2.75, 3.05) is 13.6 Å². The topological polar surface area (TPSA) is 20.3 Å². The van der Waals surface area contributed by atoms with Gasteiger partial charge in [-0.1, -0.05) is 6.92 Å². The van der Waals surface area contributed by atoms with E-state index in [-0.39, 0.29) is 11.5 Å². The average molecular weight is 169 g/mol. The highest BCUT2D eigenvalue weighted by molar-refractivity contribution is 5.54. The fourth-order valence-electron chi connectivity index (χ4n) is 1.94. The summed E-state index contributed by atoms with van der Waals surface area (Å²) in [6.07, 6.45) is 2.14. The summed E-state index contributed by atoms with van der Waals surface area (Å²) in [5.41, 5.74) is 0.170. The van der Waals surface area contributed by atoms with E-state index in [2.05, 4.69) is 32.7 Å². The molecule has 0 aromatic heterocycles. The highest BCUT2D eigenvalue weighted by atomic mass is 16.1. The van der Waals surface area contributed by atoms with Gasteiger partial charge >= 0.3 is 0 Å². The van der Waals surface area contributed by atoms with Crippen molar-refractivity contribution in [3.8, 4) is 0 Å². The molecule has 2 heteroatoms. The van der Waals surface area contributed by atoms with Crippen LogP contribution in [-0.4, -0.2) is 30.3 Å². The predicted molar refractivity (Wildman–Crippen MR) is 50.0 cm³/mol. The zero-order chi connectivity index (χ0) is 9.35. The Kier molecular flexibility index (Phi) is 2.57. The molecule has 0 aromatic rings. The van der Waals surface area contributed by atoms with Gasteiger partial charge in [0.2, 0.25) is 0 Å². The van der Waals surface area contributed by atoms with Crippen molar-refractivity contribution < 1.29 is 4.79 Å². The van der Waals surface area contributed by atoms with Crippen molar-refractivity contribution in [2.45, 2.75) is 32.7 Å². The molecule has 0 amide bonds. The highest BCUT2D eigenvalue weighted by Crippen LogP contribution is 2.34. The molecular formula is C10H19NO. The summed E-state index contributed by atoms with van der Waals surface area (Å²) in [5.74, 6) is 0.727. The molecule has 1 aliphatic rings. The predicted octanol–water partition coefficient (Wildman–Crippen LogP) is 1.55. The third-order valence-corrected chi connectivity index (χ3v) is 3.71. The number of carbonyl (C=O) groups is 1. The van der Waals surface area contributed by atoms with Crippen LogP contribution in [0.2, 0.25) is 0 Å². The molecular weight excluding hydrogens is 150 g/mol. The second kappa shape index (κ2) is 3.17. The number of likely N-dealkylation sites (tertiary alicyclic amines) is 1. The molecule has 12 heavy (non-hydrogen) atoms. The van der Waals surface area contributed by atoms with E-state index >= 15 is 0 Å². The summed E-state index contributed by atoms with van der Waals surface area (Å²) < 4.78 is 0. The first-order valence-corrected chi connectivity index (χ1v) is 4.66. The molecule has 0 aliphatic carbocycles. The molecule has 2 unspecified atom stereocenters. The Bertz CT molecular complexity index is 177. The first-order chi connectivity index (χ1) is 5.50. The Morgan fingerprint density at radius 2 is 2.08 bits per heavy atom. The molecule has 0 N–H and O–H groups in total. The lowest BCUT2D eigenvalue weighted by Crippen LogP contribution is -2.53. The Morgan fingerprint density at radius 3 is 2.58 bits per heavy atom. The summed E-state index contributed by atoms with van der Waals surface area (Å²) >= 11 is 0. The van der Waals surface area contributed by atoms with E-state index in [1.165, 1.54) is 0 Å². The number of rotatable bonds is 1. The van der Waals surface area contributed by atoms with Gasteiger partial charge in [-0.2, -0.15) is 0 Å². The number of piperidine rings is 1. The van der Waals surface area contributed by atoms with Gasteiger partial charge in [0.1, 0.15) is 6.29 Å². The van der Waals surface area contributed by atoms with E-state index in [1.807, 2.05) is 0 Å². The average Bonchev–Trinajstić information content (AvgIpc) is 2.02. The van der Waals surface area contributed by atoms with Crippen molar-refractivity contribution in [3.63, 3.8) is 0 Å². The molecule has 1 aliphatic heterocycles. The van der Waals surface area contributed by atoms with Gasteiger partial charge in [0, 0.05) is 11.5 Å². The minimum absolute atomic E-state index is 0.170. The lowest BCUT2D eigenvalue weighted by atomic mass is 9.74. The van der Waals surface area contributed by atoms with Crippen LogP contribution in [0.15, 0.2) is 0 Å². The molecule has 0 bridgehead atoms. The van der Waals surface area contributed by atoms with Crippen LogP contribution in [0.1, 0.15) is 27.2 Å². The molecule has 2 nitrogen and oxygen atoms in total. The quantitative estimate of drug-likeness (QED) is 0.555. The standard InChI is InChI=1S/C10H19NO/c1-8-9(7-12)5-6-11(4)10(8,2)3/h7-9H,5-6H2,1-4H3. The van der Waals surface area contributed by atoms with Crippen LogP contribution in [0.4, 0.5) is 0 Å². The minimum Gasteiger partial charge on any atom is -0.303 e. The summed E-state index contributed by atoms with van der Waals surface area (Å²) in [4.78, 5) is 13.1. The van der Waals surface area contributed by atoms with Crippen LogP contribution in [0.3, 0.4) is 0 Å². The lowest BCUT2D eigenvalue weighted by Gasteiger charge is -2.47. The van der Waals surface area contributed by atoms with Crippen LogP contribution in [0.25, 0.3) is 0 Å². The second-order valence-corrected chi connectivity index (χ2v) is 4.45. The van der Waals surface area contributed by atoms with Gasteiger partial charge in [-0.05, 0) is 39.8 Å². The first kappa shape index (κ1) is 9.72. The van der Waals surface area contributed by atoms with Crippen molar-refractivity contribution in [1.82, 2.24) is 4.90 Å². The Labute approximate surface area is 74.9 Å². The smallest absolute Gasteiger partial charge is 0.123 e. The molecule has 0 spiro atoms. The maximum atomic E-state index is 10.7. The maximum Gasteiger partial charge on any atom is 0.123 e. The lowest BCUT2D eigenvalue weighted by molar-refractivity contribution is -0.117. The summed E-state index contributed by atoms with van der Waals surface area (Å²) in [5, 5.41) is 0. The van der Waals surface area contributed by atoms with E-state index in [0.29, 0.717) is 5.92 Å². The van der Waals surface area contributed by atoms with E-state index in [0.717, 1.165) is 19.3 Å². The third kappa shape index (κ3) is 1.40. The molecule has 1 saturated heterocycles. The summed E-state index contributed by atoms with van der Waals surface area (Å²) in [6, 6.07) is 0. The third-order valence-electron chi connectivity index (χ3n) is 3.71. The van der Waals surface area contributed by atoms with E-state index in [1.54, 1.807) is 0 Å². The zero-order valence-electron chi connectivity index (χ0n) is 8.50. The fourth-order valence-corrected chi connectivity index (χ4v) is 1.94. The Morgan fingerprint density at radius 1 is 1.50 bits per heavy atom. The van der Waals surface area contributed by atoms with Crippen molar-refractivity contribution in [3.05, 3.63) is 0 Å². The molecule has 1 fully saturated rings. The minimum atomic E-state index is 0.170. The van der Waals surface area contributed by atoms with Gasteiger partial charge in [-0.25, -0.2) is 0 Å². The molecule has 0 aromatic carbocycles. The number of carbonyl (C=O) groups excluding carboxylic acids is 1. The van der Waals surface area contributed by atoms with Crippen LogP contribution in [-0.2, 0) is 4.79 Å². The van der Waals surface area contributed by atoms with E-state index < -0.39 is 0 Å². The summed E-state index contributed by atoms with van der Waals surface area (Å²) in [7, 11) is 2.14. The van der Waals surface area contributed by atoms with E-state index in [9.17, 15) is 4.79 Å². The SMILES string of the molecule is CC1C(C=O)CCN(C)C1(C)C. The van der Waals surface area contributed by atoms with Gasteiger partial charge in [0.15, 0.2) is 0 Å². The maximum absolute atomic E-state index is 10.7. The number of aldehydes is 1. The zero-order valence-corrected chi connectivity index (χ0v) is 8.50. The van der Waals surface area contributed by atoms with Gasteiger partial charge in [0.05, 0.1) is 0 Å². The van der Waals surface area contributed by atoms with Gasteiger partial charge in [0.25, 0.3) is 0 Å². The highest BCUT2D eigenvalue weighted by Gasteiger charge is 2.39. The van der Waals surface area contributed by atoms with Crippen molar-refractivity contribution in [2.24, 2.45) is 11.8 Å². The first-order valence-electron chi connectivity index (χ1n) is 4.66. The number of nitrogens with zero attached hydrogens (tertiary/aromatic N) is 1. The normalized spacial score (nSPS) is 36.3. The second-order valence-electron chi connectivity index (χ2n) is 4.45.